The molecular formula is C13H21NO2S. The first-order chi connectivity index (χ1) is 8.40. The molecule has 0 bridgehead atoms. The van der Waals surface area contributed by atoms with Crippen LogP contribution in [0.1, 0.15) is 18.9 Å². The highest BCUT2D eigenvalue weighted by Gasteiger charge is 2.24. The summed E-state index contributed by atoms with van der Waals surface area (Å²) in [5.41, 5.74) is 1.43. The van der Waals surface area contributed by atoms with Gasteiger partial charge in [-0.15, -0.1) is 0 Å². The van der Waals surface area contributed by atoms with E-state index in [0.29, 0.717) is 6.04 Å². The molecule has 1 aromatic heterocycles. The Kier molecular flexibility index (Phi) is 5.45. The minimum atomic E-state index is 0.210. The van der Waals surface area contributed by atoms with Crippen LogP contribution in [0.4, 0.5) is 0 Å². The molecule has 4 heteroatoms. The zero-order chi connectivity index (χ0) is 11.9. The third-order valence-corrected chi connectivity index (χ3v) is 3.81. The maximum absolute atomic E-state index is 5.78. The molecule has 2 heterocycles. The molecule has 0 saturated carbocycles. The second kappa shape index (κ2) is 7.11. The Hall–Kier alpha value is -0.420. The fraction of sp³-hybridized carbons (Fsp3) is 0.692. The predicted molar refractivity (Wildman–Crippen MR) is 70.7 cm³/mol. The third-order valence-electron chi connectivity index (χ3n) is 3.08. The molecule has 0 spiro atoms. The summed E-state index contributed by atoms with van der Waals surface area (Å²) in [5, 5.41) is 7.87. The summed E-state index contributed by atoms with van der Waals surface area (Å²) >= 11 is 1.76. The van der Waals surface area contributed by atoms with E-state index in [4.69, 9.17) is 9.47 Å². The van der Waals surface area contributed by atoms with Crippen molar-refractivity contribution in [3.63, 3.8) is 0 Å². The monoisotopic (exact) mass is 255 g/mol. The van der Waals surface area contributed by atoms with Crippen LogP contribution in [-0.2, 0) is 15.9 Å². The van der Waals surface area contributed by atoms with E-state index in [0.717, 1.165) is 39.2 Å². The van der Waals surface area contributed by atoms with Crippen LogP contribution in [0, 0.1) is 0 Å². The van der Waals surface area contributed by atoms with Crippen molar-refractivity contribution < 1.29 is 9.47 Å². The molecule has 96 valence electrons. The number of hydrogen-bond donors (Lipinski definition) is 1. The first-order valence-electron chi connectivity index (χ1n) is 6.34. The summed E-state index contributed by atoms with van der Waals surface area (Å²) in [5.74, 6) is 0. The highest BCUT2D eigenvalue weighted by atomic mass is 32.1. The smallest absolute Gasteiger partial charge is 0.0962 e. The van der Waals surface area contributed by atoms with Crippen LogP contribution < -0.4 is 5.32 Å². The lowest BCUT2D eigenvalue weighted by Gasteiger charge is -2.31. The van der Waals surface area contributed by atoms with Gasteiger partial charge in [0.05, 0.1) is 25.9 Å². The van der Waals surface area contributed by atoms with Crippen LogP contribution in [-0.4, -0.2) is 38.5 Å². The van der Waals surface area contributed by atoms with Gasteiger partial charge in [0, 0.05) is 6.04 Å². The van der Waals surface area contributed by atoms with Gasteiger partial charge in [-0.3, -0.25) is 0 Å². The Bertz CT molecular complexity index is 296. The van der Waals surface area contributed by atoms with E-state index in [9.17, 15) is 0 Å². The number of thiophene rings is 1. The third kappa shape index (κ3) is 4.07. The average molecular weight is 255 g/mol. The molecular weight excluding hydrogens is 234 g/mol. The molecule has 0 amide bonds. The van der Waals surface area contributed by atoms with E-state index < -0.39 is 0 Å². The Labute approximate surface area is 107 Å². The van der Waals surface area contributed by atoms with Gasteiger partial charge < -0.3 is 14.8 Å². The summed E-state index contributed by atoms with van der Waals surface area (Å²) in [6, 6.07) is 2.60. The number of rotatable bonds is 6. The van der Waals surface area contributed by atoms with Crippen molar-refractivity contribution in [2.24, 2.45) is 0 Å². The van der Waals surface area contributed by atoms with Crippen LogP contribution in [0.5, 0.6) is 0 Å². The first-order valence-corrected chi connectivity index (χ1v) is 7.28. The van der Waals surface area contributed by atoms with Crippen molar-refractivity contribution in [3.05, 3.63) is 22.4 Å². The second-order valence-corrected chi connectivity index (χ2v) is 5.10. The number of ether oxygens (including phenoxy) is 2. The van der Waals surface area contributed by atoms with Crippen molar-refractivity contribution in [2.75, 3.05) is 26.4 Å². The van der Waals surface area contributed by atoms with Gasteiger partial charge in [-0.05, 0) is 41.8 Å². The van der Waals surface area contributed by atoms with Gasteiger partial charge in [-0.25, -0.2) is 0 Å². The number of hydrogen-bond acceptors (Lipinski definition) is 4. The fourth-order valence-corrected chi connectivity index (χ4v) is 2.88. The standard InChI is InChI=1S/C13H21NO2S/c1-2-14-12(13-9-15-6-7-16-13)4-3-11-5-8-17-10-11/h5,8,10,12-14H,2-4,6-7,9H2,1H3. The molecule has 2 atom stereocenters. The van der Waals surface area contributed by atoms with Crippen molar-refractivity contribution in [1.29, 1.82) is 0 Å². The van der Waals surface area contributed by atoms with Crippen LogP contribution in [0.3, 0.4) is 0 Å². The molecule has 0 aromatic carbocycles. The van der Waals surface area contributed by atoms with Crippen molar-refractivity contribution in [2.45, 2.75) is 31.9 Å². The molecule has 1 aliphatic heterocycles. The Morgan fingerprint density at radius 1 is 1.53 bits per heavy atom. The van der Waals surface area contributed by atoms with Gasteiger partial charge in [0.25, 0.3) is 0 Å². The summed E-state index contributed by atoms with van der Waals surface area (Å²) in [6.45, 7) is 5.31. The van der Waals surface area contributed by atoms with Crippen molar-refractivity contribution in [1.82, 2.24) is 5.32 Å². The largest absolute Gasteiger partial charge is 0.376 e. The summed E-state index contributed by atoms with van der Waals surface area (Å²) in [7, 11) is 0. The van der Waals surface area contributed by atoms with E-state index in [1.54, 1.807) is 11.3 Å². The number of nitrogens with one attached hydrogen (secondary N) is 1. The number of likely N-dealkylation sites (N-methyl/N-ethyl adjacent to an activating group) is 1. The van der Waals surface area contributed by atoms with E-state index in [-0.39, 0.29) is 6.10 Å². The van der Waals surface area contributed by atoms with Gasteiger partial charge >= 0.3 is 0 Å². The van der Waals surface area contributed by atoms with E-state index in [2.05, 4.69) is 29.1 Å². The van der Waals surface area contributed by atoms with E-state index in [1.165, 1.54) is 5.56 Å². The molecule has 1 fully saturated rings. The highest BCUT2D eigenvalue weighted by Crippen LogP contribution is 2.14. The molecule has 1 N–H and O–H groups in total. The molecule has 0 radical (unpaired) electrons. The first kappa shape index (κ1) is 13.0. The van der Waals surface area contributed by atoms with Gasteiger partial charge in [0.2, 0.25) is 0 Å². The van der Waals surface area contributed by atoms with Crippen molar-refractivity contribution in [3.8, 4) is 0 Å². The average Bonchev–Trinajstić information content (AvgIpc) is 2.88. The molecule has 1 aliphatic rings. The van der Waals surface area contributed by atoms with Crippen LogP contribution in [0.15, 0.2) is 16.8 Å². The van der Waals surface area contributed by atoms with E-state index in [1.807, 2.05) is 0 Å². The molecule has 0 aliphatic carbocycles. The summed E-state index contributed by atoms with van der Waals surface area (Å²) in [4.78, 5) is 0. The fourth-order valence-electron chi connectivity index (χ4n) is 2.18. The van der Waals surface area contributed by atoms with Gasteiger partial charge in [0.1, 0.15) is 0 Å². The molecule has 2 unspecified atom stereocenters. The van der Waals surface area contributed by atoms with E-state index >= 15 is 0 Å². The predicted octanol–water partition coefficient (Wildman–Crippen LogP) is 2.07. The minimum Gasteiger partial charge on any atom is -0.376 e. The van der Waals surface area contributed by atoms with Crippen LogP contribution in [0.2, 0.25) is 0 Å². The lowest BCUT2D eigenvalue weighted by atomic mass is 10.0. The molecule has 1 aromatic rings. The highest BCUT2D eigenvalue weighted by molar-refractivity contribution is 7.07. The van der Waals surface area contributed by atoms with Crippen LogP contribution in [0.25, 0.3) is 0 Å². The zero-order valence-electron chi connectivity index (χ0n) is 10.4. The lowest BCUT2D eigenvalue weighted by molar-refractivity contribution is -0.102. The Morgan fingerprint density at radius 2 is 2.47 bits per heavy atom. The summed E-state index contributed by atoms with van der Waals surface area (Å²) < 4.78 is 11.3. The molecule has 17 heavy (non-hydrogen) atoms. The lowest BCUT2D eigenvalue weighted by Crippen LogP contribution is -2.46. The second-order valence-electron chi connectivity index (χ2n) is 4.32. The Balaban J connectivity index is 1.82. The van der Waals surface area contributed by atoms with Crippen molar-refractivity contribution >= 4 is 11.3 Å². The minimum absolute atomic E-state index is 0.210. The Morgan fingerprint density at radius 3 is 3.12 bits per heavy atom. The zero-order valence-corrected chi connectivity index (χ0v) is 11.2. The number of aryl methyl sites for hydroxylation is 1. The SMILES string of the molecule is CCNC(CCc1ccsc1)C1COCCO1. The maximum Gasteiger partial charge on any atom is 0.0962 e. The topological polar surface area (TPSA) is 30.5 Å². The van der Waals surface area contributed by atoms with Gasteiger partial charge in [-0.1, -0.05) is 6.92 Å². The van der Waals surface area contributed by atoms with Gasteiger partial charge in [0.15, 0.2) is 0 Å². The van der Waals surface area contributed by atoms with Gasteiger partial charge in [-0.2, -0.15) is 11.3 Å². The molecule has 2 rings (SSSR count). The normalized spacial score (nSPS) is 22.5. The van der Waals surface area contributed by atoms with Crippen LogP contribution >= 0.6 is 11.3 Å². The quantitative estimate of drug-likeness (QED) is 0.844. The maximum atomic E-state index is 5.78. The molecule has 3 nitrogen and oxygen atoms in total. The summed E-state index contributed by atoms with van der Waals surface area (Å²) in [6.07, 6.45) is 2.43. The molecule has 1 saturated heterocycles.